The summed E-state index contributed by atoms with van der Waals surface area (Å²) in [5.41, 5.74) is 1.90. The normalized spacial score (nSPS) is 23.1. The molecule has 2 aromatic carbocycles. The molecule has 0 radical (unpaired) electrons. The minimum atomic E-state index is -4.05. The van der Waals surface area contributed by atoms with Crippen molar-refractivity contribution in [3.05, 3.63) is 71.8 Å². The third kappa shape index (κ3) is 10.4. The van der Waals surface area contributed by atoms with Crippen LogP contribution in [0.4, 0.5) is 0 Å². The van der Waals surface area contributed by atoms with Crippen molar-refractivity contribution in [2.75, 3.05) is 13.2 Å². The van der Waals surface area contributed by atoms with Crippen molar-refractivity contribution >= 4 is 13.8 Å². The van der Waals surface area contributed by atoms with Gasteiger partial charge in [-0.1, -0.05) is 87.4 Å². The second-order valence-corrected chi connectivity index (χ2v) is 11.4. The van der Waals surface area contributed by atoms with Crippen molar-refractivity contribution in [1.29, 1.82) is 0 Å². The highest BCUT2D eigenvalue weighted by Gasteiger charge is 2.51. The first-order chi connectivity index (χ1) is 19.3. The minimum Gasteiger partial charge on any atom is -0.454 e. The SMILES string of the molecule is CCCCOP(=O)(OCCCC)O[C@@H]1O[C@@H](C)[C@H](OCc2ccccc2)[C@@H](OCc2ccccc2)[C@H]1OC(C)=O. The third-order valence-electron chi connectivity index (χ3n) is 6.33. The van der Waals surface area contributed by atoms with Crippen LogP contribution in [-0.2, 0) is 55.1 Å². The van der Waals surface area contributed by atoms with Crippen LogP contribution >= 0.6 is 7.82 Å². The number of carbonyl (C=O) groups is 1. The van der Waals surface area contributed by atoms with E-state index >= 15 is 0 Å². The molecule has 9 nitrogen and oxygen atoms in total. The number of rotatable bonds is 17. The van der Waals surface area contributed by atoms with Gasteiger partial charge in [-0.2, -0.15) is 0 Å². The van der Waals surface area contributed by atoms with Gasteiger partial charge in [0.25, 0.3) is 0 Å². The summed E-state index contributed by atoms with van der Waals surface area (Å²) in [5, 5.41) is 0. The maximum atomic E-state index is 13.7. The molecule has 222 valence electrons. The number of hydrogen-bond acceptors (Lipinski definition) is 9. The Labute approximate surface area is 238 Å². The average Bonchev–Trinajstić information content (AvgIpc) is 2.94. The number of esters is 1. The number of benzene rings is 2. The minimum absolute atomic E-state index is 0.192. The van der Waals surface area contributed by atoms with Gasteiger partial charge in [-0.25, -0.2) is 4.57 Å². The molecule has 0 saturated carbocycles. The zero-order valence-electron chi connectivity index (χ0n) is 23.9. The number of unbranched alkanes of at least 4 members (excludes halogenated alkanes) is 2. The van der Waals surface area contributed by atoms with Crippen LogP contribution in [0.5, 0.6) is 0 Å². The highest BCUT2D eigenvalue weighted by Crippen LogP contribution is 2.52. The second-order valence-electron chi connectivity index (χ2n) is 9.73. The van der Waals surface area contributed by atoms with Crippen LogP contribution in [0.1, 0.15) is 64.5 Å². The lowest BCUT2D eigenvalue weighted by Gasteiger charge is -2.44. The molecule has 0 bridgehead atoms. The molecular weight excluding hydrogens is 535 g/mol. The van der Waals surface area contributed by atoms with Gasteiger partial charge in [-0.05, 0) is 30.9 Å². The Morgan fingerprint density at radius 3 is 1.77 bits per heavy atom. The summed E-state index contributed by atoms with van der Waals surface area (Å²) in [6.45, 7) is 8.01. The van der Waals surface area contributed by atoms with Gasteiger partial charge in [0, 0.05) is 6.92 Å². The highest BCUT2D eigenvalue weighted by molar-refractivity contribution is 7.48. The molecule has 0 spiro atoms. The molecule has 1 heterocycles. The Morgan fingerprint density at radius 1 is 0.800 bits per heavy atom. The van der Waals surface area contributed by atoms with Gasteiger partial charge in [-0.15, -0.1) is 0 Å². The fourth-order valence-electron chi connectivity index (χ4n) is 4.19. The zero-order valence-corrected chi connectivity index (χ0v) is 24.8. The van der Waals surface area contributed by atoms with E-state index in [-0.39, 0.29) is 19.8 Å². The van der Waals surface area contributed by atoms with Crippen LogP contribution in [0.15, 0.2) is 60.7 Å². The molecule has 1 aliphatic rings. The van der Waals surface area contributed by atoms with E-state index in [1.807, 2.05) is 81.4 Å². The molecule has 5 atom stereocenters. The van der Waals surface area contributed by atoms with Crippen molar-refractivity contribution < 1.29 is 41.9 Å². The van der Waals surface area contributed by atoms with Crippen molar-refractivity contribution in [2.45, 2.75) is 97.3 Å². The number of carbonyl (C=O) groups excluding carboxylic acids is 1. The van der Waals surface area contributed by atoms with Crippen LogP contribution in [0.2, 0.25) is 0 Å². The van der Waals surface area contributed by atoms with Gasteiger partial charge in [0.05, 0.1) is 32.5 Å². The summed E-state index contributed by atoms with van der Waals surface area (Å²) in [6.07, 6.45) is -1.33. The van der Waals surface area contributed by atoms with Crippen LogP contribution in [-0.4, -0.2) is 49.9 Å². The van der Waals surface area contributed by atoms with E-state index in [2.05, 4.69) is 0 Å². The van der Waals surface area contributed by atoms with E-state index in [1.165, 1.54) is 6.92 Å². The Balaban J connectivity index is 1.87. The molecule has 10 heteroatoms. The van der Waals surface area contributed by atoms with Gasteiger partial charge >= 0.3 is 13.8 Å². The lowest BCUT2D eigenvalue weighted by Crippen LogP contribution is -2.60. The quantitative estimate of drug-likeness (QED) is 0.117. The van der Waals surface area contributed by atoms with Crippen molar-refractivity contribution in [2.24, 2.45) is 0 Å². The predicted molar refractivity (Wildman–Crippen MR) is 150 cm³/mol. The molecule has 0 unspecified atom stereocenters. The number of ether oxygens (including phenoxy) is 4. The van der Waals surface area contributed by atoms with E-state index in [1.54, 1.807) is 0 Å². The van der Waals surface area contributed by atoms with E-state index < -0.39 is 44.5 Å². The number of hydrogen-bond donors (Lipinski definition) is 0. The highest BCUT2D eigenvalue weighted by atomic mass is 31.2. The Hall–Kier alpha value is -2.10. The fraction of sp³-hybridized carbons (Fsp3) is 0.567. The van der Waals surface area contributed by atoms with Gasteiger partial charge in [0.1, 0.15) is 12.2 Å². The van der Waals surface area contributed by atoms with E-state index in [0.717, 1.165) is 24.0 Å². The lowest BCUT2D eigenvalue weighted by atomic mass is 9.98. The Bertz CT molecular complexity index is 1020. The van der Waals surface area contributed by atoms with Gasteiger partial charge in [0.15, 0.2) is 6.10 Å². The van der Waals surface area contributed by atoms with E-state index in [4.69, 9.17) is 32.5 Å². The van der Waals surface area contributed by atoms with Gasteiger partial charge in [0.2, 0.25) is 6.29 Å². The standard InChI is InChI=1S/C30H43O9P/c1-5-7-19-35-40(32,36-20-8-6-2)39-30-29(38-24(4)31)28(34-22-26-17-13-10-14-18-26)27(23(3)37-30)33-21-25-15-11-9-12-16-25/h9-18,23,27-30H,5-8,19-22H2,1-4H3/t23-,27-,28+,29+,30-/m0/s1. The van der Waals surface area contributed by atoms with Crippen LogP contribution in [0, 0.1) is 0 Å². The maximum absolute atomic E-state index is 13.7. The Morgan fingerprint density at radius 2 is 1.30 bits per heavy atom. The molecule has 3 rings (SSSR count). The molecule has 1 fully saturated rings. The topological polar surface area (TPSA) is 98.8 Å². The van der Waals surface area contributed by atoms with Crippen molar-refractivity contribution in [3.63, 3.8) is 0 Å². The maximum Gasteiger partial charge on any atom is 0.477 e. The largest absolute Gasteiger partial charge is 0.477 e. The zero-order chi connectivity index (χ0) is 28.8. The van der Waals surface area contributed by atoms with Crippen molar-refractivity contribution in [3.8, 4) is 0 Å². The molecule has 1 saturated heterocycles. The van der Waals surface area contributed by atoms with Gasteiger partial charge in [-0.3, -0.25) is 18.4 Å². The smallest absolute Gasteiger partial charge is 0.454 e. The third-order valence-corrected chi connectivity index (χ3v) is 7.79. The van der Waals surface area contributed by atoms with Gasteiger partial charge < -0.3 is 18.9 Å². The molecule has 0 amide bonds. The lowest BCUT2D eigenvalue weighted by molar-refractivity contribution is -0.296. The average molecular weight is 579 g/mol. The number of phosphoric ester groups is 1. The Kier molecular flexibility index (Phi) is 13.8. The van der Waals surface area contributed by atoms with E-state index in [9.17, 15) is 9.36 Å². The molecule has 0 aliphatic carbocycles. The molecule has 0 aromatic heterocycles. The van der Waals surface area contributed by atoms with Crippen molar-refractivity contribution in [1.82, 2.24) is 0 Å². The predicted octanol–water partition coefficient (Wildman–Crippen LogP) is 6.59. The number of phosphoric acid groups is 1. The van der Waals surface area contributed by atoms with Crippen LogP contribution < -0.4 is 0 Å². The molecule has 0 N–H and O–H groups in total. The summed E-state index contributed by atoms with van der Waals surface area (Å²) in [5.74, 6) is -0.569. The second kappa shape index (κ2) is 17.0. The molecule has 1 aliphatic heterocycles. The monoisotopic (exact) mass is 578 g/mol. The summed E-state index contributed by atoms with van der Waals surface area (Å²) in [7, 11) is -4.05. The summed E-state index contributed by atoms with van der Waals surface area (Å²) < 4.78 is 55.4. The first-order valence-electron chi connectivity index (χ1n) is 14.1. The first-order valence-corrected chi connectivity index (χ1v) is 15.5. The molecule has 40 heavy (non-hydrogen) atoms. The molecular formula is C30H43O9P. The first kappa shape index (κ1) is 32.4. The summed E-state index contributed by atoms with van der Waals surface area (Å²) in [6, 6.07) is 19.4. The van der Waals surface area contributed by atoms with E-state index in [0.29, 0.717) is 19.4 Å². The molecule has 2 aromatic rings. The van der Waals surface area contributed by atoms with Crippen LogP contribution in [0.3, 0.4) is 0 Å². The van der Waals surface area contributed by atoms with Crippen LogP contribution in [0.25, 0.3) is 0 Å². The fourth-order valence-corrected chi connectivity index (χ4v) is 5.52. The summed E-state index contributed by atoms with van der Waals surface area (Å²) >= 11 is 0. The summed E-state index contributed by atoms with van der Waals surface area (Å²) in [4.78, 5) is 12.3.